The van der Waals surface area contributed by atoms with Crippen molar-refractivity contribution in [3.05, 3.63) is 23.8 Å². The van der Waals surface area contributed by atoms with Crippen molar-refractivity contribution in [2.75, 3.05) is 13.2 Å². The Morgan fingerprint density at radius 2 is 2.00 bits per heavy atom. The zero-order valence-electron chi connectivity index (χ0n) is 10.9. The van der Waals surface area contributed by atoms with Crippen molar-refractivity contribution in [3.63, 3.8) is 0 Å². The molecular weight excluding hydrogens is 228 g/mol. The Hall–Kier alpha value is -0.930. The van der Waals surface area contributed by atoms with Gasteiger partial charge in [0.2, 0.25) is 0 Å². The second-order valence-electron chi connectivity index (χ2n) is 5.41. The molecule has 98 valence electrons. The molecule has 3 rings (SSSR count). The second kappa shape index (κ2) is 4.32. The molecule has 18 heavy (non-hydrogen) atoms. The molecular formula is C15H20O3. The number of carbonyl (C=O) groups is 1. The third kappa shape index (κ3) is 1.54. The highest BCUT2D eigenvalue weighted by atomic mass is 16.7. The van der Waals surface area contributed by atoms with Crippen LogP contribution in [0.5, 0.6) is 0 Å². The zero-order chi connectivity index (χ0) is 12.6. The van der Waals surface area contributed by atoms with Gasteiger partial charge < -0.3 is 9.47 Å². The first-order chi connectivity index (χ1) is 8.72. The first-order valence-electron chi connectivity index (χ1n) is 6.88. The molecule has 3 aliphatic rings. The molecule has 0 bridgehead atoms. The average Bonchev–Trinajstić information content (AvgIpc) is 2.82. The Morgan fingerprint density at radius 1 is 1.22 bits per heavy atom. The van der Waals surface area contributed by atoms with E-state index < -0.39 is 5.79 Å². The van der Waals surface area contributed by atoms with Crippen LogP contribution >= 0.6 is 0 Å². The van der Waals surface area contributed by atoms with Crippen molar-refractivity contribution in [1.29, 1.82) is 0 Å². The molecule has 1 atom stereocenters. The standard InChI is InChI=1S/C15H20O3/c1-2-6-14-8-5-13(16)11-12(14)4-3-7-15(14)17-9-10-18-15/h2,6,11H,3-5,7-10H2,1H3/b6-2+/t14-/m0/s1. The number of allylic oxidation sites excluding steroid dienone is 2. The molecule has 1 aliphatic heterocycles. The van der Waals surface area contributed by atoms with Gasteiger partial charge in [-0.2, -0.15) is 0 Å². The van der Waals surface area contributed by atoms with Crippen LogP contribution in [0, 0.1) is 5.41 Å². The summed E-state index contributed by atoms with van der Waals surface area (Å²) in [7, 11) is 0. The molecule has 0 unspecified atom stereocenters. The maximum absolute atomic E-state index is 11.7. The van der Waals surface area contributed by atoms with Gasteiger partial charge in [-0.15, -0.1) is 0 Å². The number of carbonyl (C=O) groups excluding carboxylic acids is 1. The number of hydrogen-bond acceptors (Lipinski definition) is 3. The third-order valence-electron chi connectivity index (χ3n) is 4.51. The minimum atomic E-state index is -0.510. The van der Waals surface area contributed by atoms with E-state index in [1.807, 2.05) is 13.0 Å². The summed E-state index contributed by atoms with van der Waals surface area (Å²) in [5.74, 6) is -0.259. The fourth-order valence-corrected chi connectivity index (χ4v) is 3.80. The highest BCUT2D eigenvalue weighted by Crippen LogP contribution is 2.57. The van der Waals surface area contributed by atoms with Crippen LogP contribution in [0.1, 0.15) is 39.0 Å². The van der Waals surface area contributed by atoms with Crippen LogP contribution in [0.3, 0.4) is 0 Å². The summed E-state index contributed by atoms with van der Waals surface area (Å²) in [4.78, 5) is 11.7. The predicted octanol–water partition coefficient (Wildman–Crippen LogP) is 2.77. The first-order valence-corrected chi connectivity index (χ1v) is 6.88. The zero-order valence-corrected chi connectivity index (χ0v) is 10.9. The van der Waals surface area contributed by atoms with Crippen LogP contribution in [0.2, 0.25) is 0 Å². The Bertz CT molecular complexity index is 415. The van der Waals surface area contributed by atoms with Crippen molar-refractivity contribution >= 4 is 5.78 Å². The number of ketones is 1. The lowest BCUT2D eigenvalue weighted by Gasteiger charge is -2.51. The van der Waals surface area contributed by atoms with E-state index in [1.54, 1.807) is 0 Å². The van der Waals surface area contributed by atoms with Gasteiger partial charge in [0.15, 0.2) is 11.6 Å². The maximum atomic E-state index is 11.7. The van der Waals surface area contributed by atoms with Crippen LogP contribution < -0.4 is 0 Å². The summed E-state index contributed by atoms with van der Waals surface area (Å²) < 4.78 is 12.0. The lowest BCUT2D eigenvalue weighted by molar-refractivity contribution is -0.227. The molecule has 1 saturated heterocycles. The van der Waals surface area contributed by atoms with Gasteiger partial charge in [0, 0.05) is 12.8 Å². The van der Waals surface area contributed by atoms with Crippen LogP contribution in [-0.2, 0) is 14.3 Å². The molecule has 0 aromatic rings. The van der Waals surface area contributed by atoms with Gasteiger partial charge in [-0.05, 0) is 32.3 Å². The van der Waals surface area contributed by atoms with Crippen molar-refractivity contribution in [1.82, 2.24) is 0 Å². The average molecular weight is 248 g/mol. The van der Waals surface area contributed by atoms with E-state index in [2.05, 4.69) is 12.2 Å². The SMILES string of the molecule is C/C=C/[C@]12CCC(=O)C=C1CCCC21OCCO1. The van der Waals surface area contributed by atoms with Gasteiger partial charge in [-0.25, -0.2) is 0 Å². The lowest BCUT2D eigenvalue weighted by Crippen LogP contribution is -2.53. The number of fused-ring (bicyclic) bond motifs is 2. The normalized spacial score (nSPS) is 34.9. The fraction of sp³-hybridized carbons (Fsp3) is 0.667. The van der Waals surface area contributed by atoms with Gasteiger partial charge in [-0.3, -0.25) is 4.79 Å². The summed E-state index contributed by atoms with van der Waals surface area (Å²) in [6.07, 6.45) is 10.5. The largest absolute Gasteiger partial charge is 0.346 e. The molecule has 0 radical (unpaired) electrons. The van der Waals surface area contributed by atoms with E-state index in [0.717, 1.165) is 25.7 Å². The molecule has 0 amide bonds. The van der Waals surface area contributed by atoms with Crippen molar-refractivity contribution in [2.45, 2.75) is 44.8 Å². The summed E-state index contributed by atoms with van der Waals surface area (Å²) in [6, 6.07) is 0. The number of rotatable bonds is 1. The van der Waals surface area contributed by atoms with E-state index in [4.69, 9.17) is 9.47 Å². The fourth-order valence-electron chi connectivity index (χ4n) is 3.80. The molecule has 1 saturated carbocycles. The van der Waals surface area contributed by atoms with E-state index in [1.165, 1.54) is 5.57 Å². The van der Waals surface area contributed by atoms with E-state index in [9.17, 15) is 4.79 Å². The van der Waals surface area contributed by atoms with Crippen molar-refractivity contribution in [2.24, 2.45) is 5.41 Å². The smallest absolute Gasteiger partial charge is 0.181 e. The maximum Gasteiger partial charge on any atom is 0.181 e. The van der Waals surface area contributed by atoms with Crippen LogP contribution in [0.25, 0.3) is 0 Å². The minimum Gasteiger partial charge on any atom is -0.346 e. The Balaban J connectivity index is 2.11. The molecule has 0 aromatic carbocycles. The highest BCUT2D eigenvalue weighted by Gasteiger charge is 2.58. The Morgan fingerprint density at radius 3 is 2.72 bits per heavy atom. The minimum absolute atomic E-state index is 0.204. The van der Waals surface area contributed by atoms with E-state index in [0.29, 0.717) is 19.6 Å². The lowest BCUT2D eigenvalue weighted by atomic mass is 9.60. The van der Waals surface area contributed by atoms with Crippen LogP contribution in [0.4, 0.5) is 0 Å². The van der Waals surface area contributed by atoms with E-state index >= 15 is 0 Å². The van der Waals surface area contributed by atoms with Gasteiger partial charge in [0.05, 0.1) is 18.6 Å². The topological polar surface area (TPSA) is 35.5 Å². The highest BCUT2D eigenvalue weighted by molar-refractivity contribution is 5.92. The summed E-state index contributed by atoms with van der Waals surface area (Å²) in [5, 5.41) is 0. The molecule has 1 heterocycles. The first kappa shape index (κ1) is 12.1. The quantitative estimate of drug-likeness (QED) is 0.669. The van der Waals surface area contributed by atoms with Crippen LogP contribution in [-0.4, -0.2) is 24.8 Å². The second-order valence-corrected chi connectivity index (χ2v) is 5.41. The molecule has 1 spiro atoms. The molecule has 3 nitrogen and oxygen atoms in total. The molecule has 2 aliphatic carbocycles. The third-order valence-corrected chi connectivity index (χ3v) is 4.51. The van der Waals surface area contributed by atoms with Gasteiger partial charge in [-0.1, -0.05) is 17.7 Å². The molecule has 2 fully saturated rings. The Labute approximate surface area is 108 Å². The van der Waals surface area contributed by atoms with Crippen molar-refractivity contribution in [3.8, 4) is 0 Å². The molecule has 0 N–H and O–H groups in total. The van der Waals surface area contributed by atoms with Gasteiger partial charge in [0.25, 0.3) is 0 Å². The summed E-state index contributed by atoms with van der Waals surface area (Å²) >= 11 is 0. The van der Waals surface area contributed by atoms with Crippen molar-refractivity contribution < 1.29 is 14.3 Å². The number of hydrogen-bond donors (Lipinski definition) is 0. The van der Waals surface area contributed by atoms with Gasteiger partial charge >= 0.3 is 0 Å². The monoisotopic (exact) mass is 248 g/mol. The molecule has 0 aromatic heterocycles. The van der Waals surface area contributed by atoms with E-state index in [-0.39, 0.29) is 11.2 Å². The summed E-state index contributed by atoms with van der Waals surface area (Å²) in [5.41, 5.74) is 1.01. The molecule has 3 heteroatoms. The predicted molar refractivity (Wildman–Crippen MR) is 68.1 cm³/mol. The van der Waals surface area contributed by atoms with Gasteiger partial charge in [0.1, 0.15) is 0 Å². The van der Waals surface area contributed by atoms with Crippen LogP contribution in [0.15, 0.2) is 23.8 Å². The Kier molecular flexibility index (Phi) is 2.91. The summed E-state index contributed by atoms with van der Waals surface area (Å²) in [6.45, 7) is 3.36. The number of ether oxygens (including phenoxy) is 2.